The predicted octanol–water partition coefficient (Wildman–Crippen LogP) is 3.46. The fraction of sp³-hybridized carbons (Fsp3) is 0.182. The number of aromatic nitrogens is 1. The van der Waals surface area contributed by atoms with E-state index in [9.17, 15) is 4.39 Å². The number of hydrogen-bond acceptors (Lipinski definition) is 3. The van der Waals surface area contributed by atoms with E-state index < -0.39 is 5.95 Å². The number of rotatable bonds is 3. The number of nitrogens with zero attached hydrogens (tertiary/aromatic N) is 1. The molecule has 2 nitrogen and oxygen atoms in total. The van der Waals surface area contributed by atoms with Crippen LogP contribution in [0.1, 0.15) is 18.5 Å². The van der Waals surface area contributed by atoms with Gasteiger partial charge < -0.3 is 5.32 Å². The molecular formula is C11H11FN2S. The molecule has 1 atom stereocenters. The molecule has 1 N–H and O–H groups in total. The highest BCUT2D eigenvalue weighted by Crippen LogP contribution is 2.20. The average molecular weight is 222 g/mol. The van der Waals surface area contributed by atoms with Crippen molar-refractivity contribution in [3.8, 4) is 0 Å². The lowest BCUT2D eigenvalue weighted by Crippen LogP contribution is -2.05. The van der Waals surface area contributed by atoms with Gasteiger partial charge >= 0.3 is 0 Å². The average Bonchev–Trinajstić information content (AvgIpc) is 2.74. The fourth-order valence-electron chi connectivity index (χ4n) is 1.32. The summed E-state index contributed by atoms with van der Waals surface area (Å²) in [5.74, 6) is -0.455. The summed E-state index contributed by atoms with van der Waals surface area (Å²) in [5.41, 5.74) is 2.06. The number of pyridine rings is 1. The first-order valence-corrected chi connectivity index (χ1v) is 5.60. The normalized spacial score (nSPS) is 12.4. The van der Waals surface area contributed by atoms with Gasteiger partial charge in [0.1, 0.15) is 0 Å². The summed E-state index contributed by atoms with van der Waals surface area (Å²) in [5, 5.41) is 7.38. The van der Waals surface area contributed by atoms with Crippen molar-refractivity contribution in [3.05, 3.63) is 46.7 Å². The second kappa shape index (κ2) is 4.40. The van der Waals surface area contributed by atoms with Crippen molar-refractivity contribution in [1.29, 1.82) is 0 Å². The van der Waals surface area contributed by atoms with E-state index in [1.54, 1.807) is 17.4 Å². The predicted molar refractivity (Wildman–Crippen MR) is 60.6 cm³/mol. The molecule has 0 saturated carbocycles. The van der Waals surface area contributed by atoms with Crippen LogP contribution in [0.15, 0.2) is 35.2 Å². The Bertz CT molecular complexity index is 411. The maximum absolute atomic E-state index is 12.6. The van der Waals surface area contributed by atoms with E-state index in [4.69, 9.17) is 0 Å². The first-order valence-electron chi connectivity index (χ1n) is 4.66. The fourth-order valence-corrected chi connectivity index (χ4v) is 2.07. The maximum Gasteiger partial charge on any atom is 0.212 e. The van der Waals surface area contributed by atoms with E-state index in [1.165, 1.54) is 17.8 Å². The summed E-state index contributed by atoms with van der Waals surface area (Å²) in [7, 11) is 0. The Kier molecular flexibility index (Phi) is 2.97. The van der Waals surface area contributed by atoms with E-state index in [2.05, 4.69) is 28.7 Å². The highest BCUT2D eigenvalue weighted by atomic mass is 32.1. The molecular weight excluding hydrogens is 211 g/mol. The molecule has 0 aliphatic carbocycles. The summed E-state index contributed by atoms with van der Waals surface area (Å²) >= 11 is 1.67. The van der Waals surface area contributed by atoms with Crippen LogP contribution in [0.2, 0.25) is 0 Å². The largest absolute Gasteiger partial charge is 0.377 e. The molecule has 2 heterocycles. The van der Waals surface area contributed by atoms with Crippen LogP contribution < -0.4 is 5.32 Å². The van der Waals surface area contributed by atoms with E-state index in [0.29, 0.717) is 0 Å². The highest BCUT2D eigenvalue weighted by Gasteiger charge is 2.05. The number of halogens is 1. The zero-order chi connectivity index (χ0) is 10.7. The maximum atomic E-state index is 12.6. The molecule has 0 aliphatic heterocycles. The first-order chi connectivity index (χ1) is 7.25. The summed E-state index contributed by atoms with van der Waals surface area (Å²) < 4.78 is 12.6. The molecule has 1 unspecified atom stereocenters. The Balaban J connectivity index is 2.06. The third kappa shape index (κ3) is 2.53. The lowest BCUT2D eigenvalue weighted by molar-refractivity contribution is 0.584. The molecule has 0 aromatic carbocycles. The van der Waals surface area contributed by atoms with E-state index >= 15 is 0 Å². The molecule has 0 fully saturated rings. The Hall–Kier alpha value is -1.42. The van der Waals surface area contributed by atoms with Gasteiger partial charge in [0.2, 0.25) is 5.95 Å². The van der Waals surface area contributed by atoms with Crippen molar-refractivity contribution in [2.45, 2.75) is 13.0 Å². The molecule has 0 aliphatic rings. The molecule has 0 saturated heterocycles. The van der Waals surface area contributed by atoms with Gasteiger partial charge in [-0.15, -0.1) is 0 Å². The Morgan fingerprint density at radius 3 is 2.87 bits per heavy atom. The van der Waals surface area contributed by atoms with E-state index in [-0.39, 0.29) is 6.04 Å². The van der Waals surface area contributed by atoms with Gasteiger partial charge in [-0.2, -0.15) is 15.7 Å². The molecule has 2 rings (SSSR count). The zero-order valence-corrected chi connectivity index (χ0v) is 9.09. The van der Waals surface area contributed by atoms with Gasteiger partial charge in [-0.05, 0) is 41.4 Å². The van der Waals surface area contributed by atoms with Crippen molar-refractivity contribution in [3.63, 3.8) is 0 Å². The Morgan fingerprint density at radius 1 is 1.40 bits per heavy atom. The van der Waals surface area contributed by atoms with Crippen LogP contribution in [0.25, 0.3) is 0 Å². The van der Waals surface area contributed by atoms with Crippen molar-refractivity contribution >= 4 is 17.0 Å². The van der Waals surface area contributed by atoms with Crippen molar-refractivity contribution in [1.82, 2.24) is 4.98 Å². The van der Waals surface area contributed by atoms with Crippen molar-refractivity contribution in [2.24, 2.45) is 0 Å². The lowest BCUT2D eigenvalue weighted by Gasteiger charge is -2.13. The molecule has 0 radical (unpaired) electrons. The third-order valence-corrected chi connectivity index (χ3v) is 2.86. The Labute approximate surface area is 91.8 Å². The van der Waals surface area contributed by atoms with Gasteiger partial charge in [-0.1, -0.05) is 0 Å². The van der Waals surface area contributed by atoms with Gasteiger partial charge in [0.15, 0.2) is 0 Å². The first kappa shape index (κ1) is 10.1. The summed E-state index contributed by atoms with van der Waals surface area (Å²) in [6.45, 7) is 2.06. The van der Waals surface area contributed by atoms with Crippen LogP contribution >= 0.6 is 11.3 Å². The van der Waals surface area contributed by atoms with Crippen LogP contribution in [-0.4, -0.2) is 4.98 Å². The molecule has 0 spiro atoms. The van der Waals surface area contributed by atoms with Gasteiger partial charge in [0.05, 0.1) is 11.9 Å². The summed E-state index contributed by atoms with van der Waals surface area (Å²) in [6.07, 6.45) is 1.50. The van der Waals surface area contributed by atoms with Gasteiger partial charge in [0, 0.05) is 6.04 Å². The smallest absolute Gasteiger partial charge is 0.212 e. The topological polar surface area (TPSA) is 24.9 Å². The van der Waals surface area contributed by atoms with Gasteiger partial charge in [0.25, 0.3) is 0 Å². The minimum Gasteiger partial charge on any atom is -0.377 e. The van der Waals surface area contributed by atoms with Crippen LogP contribution in [0.4, 0.5) is 10.1 Å². The minimum atomic E-state index is -0.455. The molecule has 15 heavy (non-hydrogen) atoms. The number of hydrogen-bond donors (Lipinski definition) is 1. The number of anilines is 1. The summed E-state index contributed by atoms with van der Waals surface area (Å²) in [6, 6.07) is 5.32. The molecule has 0 bridgehead atoms. The zero-order valence-electron chi connectivity index (χ0n) is 8.27. The van der Waals surface area contributed by atoms with E-state index in [1.807, 2.05) is 5.38 Å². The van der Waals surface area contributed by atoms with Crippen LogP contribution in [0.3, 0.4) is 0 Å². The number of thiophene rings is 1. The SMILES string of the molecule is CC(Nc1ccc(F)nc1)c1ccsc1. The minimum absolute atomic E-state index is 0.212. The molecule has 78 valence electrons. The van der Waals surface area contributed by atoms with Crippen LogP contribution in [0.5, 0.6) is 0 Å². The molecule has 0 amide bonds. The monoisotopic (exact) mass is 222 g/mol. The number of nitrogens with one attached hydrogen (secondary N) is 1. The summed E-state index contributed by atoms with van der Waals surface area (Å²) in [4.78, 5) is 3.59. The molecule has 4 heteroatoms. The van der Waals surface area contributed by atoms with Crippen molar-refractivity contribution < 1.29 is 4.39 Å². The van der Waals surface area contributed by atoms with Gasteiger partial charge in [-0.3, -0.25) is 0 Å². The Morgan fingerprint density at radius 2 is 2.27 bits per heavy atom. The third-order valence-electron chi connectivity index (χ3n) is 2.15. The molecule has 2 aromatic heterocycles. The second-order valence-electron chi connectivity index (χ2n) is 3.29. The van der Waals surface area contributed by atoms with E-state index in [0.717, 1.165) is 5.69 Å². The van der Waals surface area contributed by atoms with Gasteiger partial charge in [-0.25, -0.2) is 4.98 Å². The van der Waals surface area contributed by atoms with Crippen molar-refractivity contribution in [2.75, 3.05) is 5.32 Å². The quantitative estimate of drug-likeness (QED) is 0.804. The van der Waals surface area contributed by atoms with Crippen LogP contribution in [-0.2, 0) is 0 Å². The van der Waals surface area contributed by atoms with Crippen LogP contribution in [0, 0.1) is 5.95 Å². The highest BCUT2D eigenvalue weighted by molar-refractivity contribution is 7.07. The molecule has 2 aromatic rings. The standard InChI is InChI=1S/C11H11FN2S/c1-8(9-4-5-15-7-9)14-10-2-3-11(12)13-6-10/h2-8,14H,1H3. The lowest BCUT2D eigenvalue weighted by atomic mass is 10.2. The second-order valence-corrected chi connectivity index (χ2v) is 4.07.